The number of carbonyl (C=O) groups excluding carboxylic acids is 2. The Balaban J connectivity index is 1.72. The van der Waals surface area contributed by atoms with Gasteiger partial charge in [0.05, 0.1) is 6.42 Å². The average Bonchev–Trinajstić information content (AvgIpc) is 3.08. The van der Waals surface area contributed by atoms with Gasteiger partial charge in [0.15, 0.2) is 0 Å². The van der Waals surface area contributed by atoms with Gasteiger partial charge in [-0.3, -0.25) is 9.59 Å². The molecule has 1 aliphatic rings. The lowest BCUT2D eigenvalue weighted by molar-refractivity contribution is -0.164. The fraction of sp³-hybridized carbons (Fsp3) is 0.400. The Morgan fingerprint density at radius 2 is 1.57 bits per heavy atom. The van der Waals surface area contributed by atoms with Gasteiger partial charge in [0.25, 0.3) is 0 Å². The monoisotopic (exact) mass is 492 g/mol. The first-order chi connectivity index (χ1) is 16.5. The van der Waals surface area contributed by atoms with Gasteiger partial charge in [-0.05, 0) is 28.2 Å². The van der Waals surface area contributed by atoms with Crippen LogP contribution in [0.3, 0.4) is 0 Å². The van der Waals surface area contributed by atoms with Crippen LogP contribution in [-0.2, 0) is 14.3 Å². The van der Waals surface area contributed by atoms with E-state index in [4.69, 9.17) is 4.74 Å². The van der Waals surface area contributed by atoms with Gasteiger partial charge in [-0.1, -0.05) is 62.4 Å². The molecule has 2 N–H and O–H groups in total. The van der Waals surface area contributed by atoms with E-state index in [0.717, 1.165) is 22.3 Å². The van der Waals surface area contributed by atoms with Crippen LogP contribution in [0.25, 0.3) is 11.1 Å². The zero-order valence-corrected chi connectivity index (χ0v) is 19.3. The summed E-state index contributed by atoms with van der Waals surface area (Å²) in [5.41, 5.74) is 3.92. The molecule has 3 rings (SSSR count). The Kier molecular flexibility index (Phi) is 8.03. The molecule has 0 heterocycles. The molecule has 0 spiro atoms. The maximum Gasteiger partial charge on any atom is 0.407 e. The molecule has 7 nitrogen and oxygen atoms in total. The number of alkyl carbamates (subject to hydrolysis) is 1. The molecule has 1 aliphatic carbocycles. The number of aliphatic carboxylic acids is 1. The summed E-state index contributed by atoms with van der Waals surface area (Å²) in [5, 5.41) is 11.3. The van der Waals surface area contributed by atoms with Gasteiger partial charge < -0.3 is 20.1 Å². The van der Waals surface area contributed by atoms with E-state index in [1.54, 1.807) is 13.8 Å². The van der Waals surface area contributed by atoms with Crippen LogP contribution in [0.2, 0.25) is 0 Å². The van der Waals surface area contributed by atoms with Crippen molar-refractivity contribution in [3.05, 3.63) is 59.7 Å². The molecule has 10 heteroatoms. The van der Waals surface area contributed by atoms with Crippen LogP contribution in [-0.4, -0.2) is 59.9 Å². The minimum Gasteiger partial charge on any atom is -0.481 e. The third kappa shape index (κ3) is 6.74. The Hall–Kier alpha value is -3.56. The average molecular weight is 492 g/mol. The summed E-state index contributed by atoms with van der Waals surface area (Å²) in [4.78, 5) is 37.1. The Morgan fingerprint density at radius 1 is 1.03 bits per heavy atom. The minimum atomic E-state index is -4.68. The van der Waals surface area contributed by atoms with Gasteiger partial charge in [0.1, 0.15) is 19.2 Å². The molecule has 0 bridgehead atoms. The van der Waals surface area contributed by atoms with Crippen molar-refractivity contribution < 1.29 is 37.4 Å². The summed E-state index contributed by atoms with van der Waals surface area (Å²) in [6.07, 6.45) is -6.64. The summed E-state index contributed by atoms with van der Waals surface area (Å²) < 4.78 is 44.4. The van der Waals surface area contributed by atoms with Crippen molar-refractivity contribution >= 4 is 18.0 Å². The fourth-order valence-corrected chi connectivity index (χ4v) is 4.27. The highest BCUT2D eigenvalue weighted by Crippen LogP contribution is 2.44. The standard InChI is InChI=1S/C25H27F3N2O5/c1-15(2)12-30(14-25(26,27)28)23(33)21(11-22(31)32)29-24(34)35-13-20-18-9-5-3-7-16(18)17-8-4-6-10-19(17)20/h3-10,15,20-21H,11-14H2,1-2H3,(H,29,34)(H,31,32). The van der Waals surface area contributed by atoms with Crippen molar-refractivity contribution in [2.45, 2.75) is 38.4 Å². The maximum absolute atomic E-state index is 13.0. The summed E-state index contributed by atoms with van der Waals surface area (Å²) >= 11 is 0. The zero-order valence-electron chi connectivity index (χ0n) is 19.3. The molecule has 2 amide bonds. The molecule has 0 fully saturated rings. The first-order valence-corrected chi connectivity index (χ1v) is 11.1. The molecule has 2 aromatic rings. The number of hydrogen-bond donors (Lipinski definition) is 2. The van der Waals surface area contributed by atoms with E-state index in [1.807, 2.05) is 48.5 Å². The van der Waals surface area contributed by atoms with Crippen LogP contribution in [0.4, 0.5) is 18.0 Å². The molecule has 0 aromatic heterocycles. The number of hydrogen-bond acceptors (Lipinski definition) is 4. The number of alkyl halides is 3. The molecule has 0 saturated carbocycles. The lowest BCUT2D eigenvalue weighted by Gasteiger charge is -2.29. The molecule has 0 aliphatic heterocycles. The first kappa shape index (κ1) is 26.1. The number of ether oxygens (including phenoxy) is 1. The maximum atomic E-state index is 13.0. The topological polar surface area (TPSA) is 95.9 Å². The van der Waals surface area contributed by atoms with Crippen LogP contribution < -0.4 is 5.32 Å². The number of rotatable bonds is 9. The van der Waals surface area contributed by atoms with E-state index in [1.165, 1.54) is 0 Å². The Labute approximate surface area is 200 Å². The van der Waals surface area contributed by atoms with E-state index in [-0.39, 0.29) is 25.0 Å². The number of carboxylic acid groups (broad SMARTS) is 1. The van der Waals surface area contributed by atoms with Crippen molar-refractivity contribution in [3.63, 3.8) is 0 Å². The number of carboxylic acids is 1. The number of nitrogens with one attached hydrogen (secondary N) is 1. The second-order valence-electron chi connectivity index (χ2n) is 8.85. The van der Waals surface area contributed by atoms with Gasteiger partial charge in [-0.2, -0.15) is 13.2 Å². The Bertz CT molecular complexity index is 1040. The lowest BCUT2D eigenvalue weighted by Crippen LogP contribution is -2.52. The highest BCUT2D eigenvalue weighted by atomic mass is 19.4. The van der Waals surface area contributed by atoms with Crippen LogP contribution in [0.5, 0.6) is 0 Å². The number of benzene rings is 2. The highest BCUT2D eigenvalue weighted by molar-refractivity contribution is 5.89. The fourth-order valence-electron chi connectivity index (χ4n) is 4.27. The van der Waals surface area contributed by atoms with Crippen LogP contribution in [0.15, 0.2) is 48.5 Å². The predicted molar refractivity (Wildman–Crippen MR) is 122 cm³/mol. The van der Waals surface area contributed by atoms with Gasteiger partial charge in [0.2, 0.25) is 5.91 Å². The third-order valence-corrected chi connectivity index (χ3v) is 5.58. The van der Waals surface area contributed by atoms with Crippen molar-refractivity contribution in [1.82, 2.24) is 10.2 Å². The van der Waals surface area contributed by atoms with E-state index < -0.39 is 43.2 Å². The highest BCUT2D eigenvalue weighted by Gasteiger charge is 2.37. The summed E-state index contributed by atoms with van der Waals surface area (Å²) in [6.45, 7) is 1.36. The van der Waals surface area contributed by atoms with E-state index in [2.05, 4.69) is 5.32 Å². The minimum absolute atomic E-state index is 0.0912. The van der Waals surface area contributed by atoms with E-state index >= 15 is 0 Å². The SMILES string of the molecule is CC(C)CN(CC(F)(F)F)C(=O)C(CC(=O)O)NC(=O)OCC1c2ccccc2-c2ccccc21. The first-order valence-electron chi connectivity index (χ1n) is 11.1. The number of amides is 2. The number of nitrogens with zero attached hydrogens (tertiary/aromatic N) is 1. The third-order valence-electron chi connectivity index (χ3n) is 5.58. The smallest absolute Gasteiger partial charge is 0.407 e. The summed E-state index contributed by atoms with van der Waals surface area (Å²) in [6, 6.07) is 13.6. The molecular weight excluding hydrogens is 465 g/mol. The molecule has 0 saturated heterocycles. The molecule has 188 valence electrons. The predicted octanol–water partition coefficient (Wildman–Crippen LogP) is 4.42. The molecule has 2 aromatic carbocycles. The van der Waals surface area contributed by atoms with E-state index in [9.17, 15) is 32.7 Å². The molecule has 1 atom stereocenters. The summed E-state index contributed by atoms with van der Waals surface area (Å²) in [5.74, 6) is -3.16. The van der Waals surface area contributed by atoms with Gasteiger partial charge in [-0.15, -0.1) is 0 Å². The van der Waals surface area contributed by atoms with Crippen LogP contribution in [0, 0.1) is 5.92 Å². The Morgan fingerprint density at radius 3 is 2.06 bits per heavy atom. The zero-order chi connectivity index (χ0) is 25.8. The number of carbonyl (C=O) groups is 3. The van der Waals surface area contributed by atoms with Crippen LogP contribution >= 0.6 is 0 Å². The van der Waals surface area contributed by atoms with Gasteiger partial charge in [-0.25, -0.2) is 4.79 Å². The molecular formula is C25H27F3N2O5. The van der Waals surface area contributed by atoms with Crippen LogP contribution in [0.1, 0.15) is 37.3 Å². The molecule has 35 heavy (non-hydrogen) atoms. The van der Waals surface area contributed by atoms with Crippen molar-refractivity contribution in [2.75, 3.05) is 19.7 Å². The lowest BCUT2D eigenvalue weighted by atomic mass is 9.98. The van der Waals surface area contributed by atoms with Crippen molar-refractivity contribution in [3.8, 4) is 11.1 Å². The second kappa shape index (κ2) is 10.8. The second-order valence-corrected chi connectivity index (χ2v) is 8.85. The normalized spacial score (nSPS) is 13.7. The van der Waals surface area contributed by atoms with Crippen molar-refractivity contribution in [2.24, 2.45) is 5.92 Å². The quantitative estimate of drug-likeness (QED) is 0.541. The number of fused-ring (bicyclic) bond motifs is 3. The molecule has 1 unspecified atom stereocenters. The largest absolute Gasteiger partial charge is 0.481 e. The van der Waals surface area contributed by atoms with Crippen molar-refractivity contribution in [1.29, 1.82) is 0 Å². The molecule has 0 radical (unpaired) electrons. The van der Waals surface area contributed by atoms with Gasteiger partial charge in [0, 0.05) is 12.5 Å². The summed E-state index contributed by atoms with van der Waals surface area (Å²) in [7, 11) is 0. The van der Waals surface area contributed by atoms with Gasteiger partial charge >= 0.3 is 18.2 Å². The number of halogens is 3. The van der Waals surface area contributed by atoms with E-state index in [0.29, 0.717) is 4.90 Å².